The van der Waals surface area contributed by atoms with E-state index in [9.17, 15) is 29.7 Å². The van der Waals surface area contributed by atoms with Crippen molar-refractivity contribution < 1.29 is 29.7 Å². The minimum Gasteiger partial charge on any atom is -0.545 e. The normalized spacial score (nSPS) is 10.2. The number of para-hydroxylation sites is 2. The van der Waals surface area contributed by atoms with Crippen molar-refractivity contribution in [2.45, 2.75) is 0 Å². The van der Waals surface area contributed by atoms with E-state index in [2.05, 4.69) is 20.6 Å². The zero-order valence-electron chi connectivity index (χ0n) is 14.5. The molecule has 0 bridgehead atoms. The first-order chi connectivity index (χ1) is 13.8. The van der Waals surface area contributed by atoms with Crippen molar-refractivity contribution in [1.82, 2.24) is 9.97 Å². The Bertz CT molecular complexity index is 1040. The number of nitrogens with zero attached hydrogens (tertiary/aromatic N) is 2. The molecule has 2 aromatic carbocycles. The summed E-state index contributed by atoms with van der Waals surface area (Å²) in [6.45, 7) is 0. The van der Waals surface area contributed by atoms with E-state index in [0.717, 1.165) is 6.07 Å². The average Bonchev–Trinajstić information content (AvgIpc) is 2.68. The van der Waals surface area contributed by atoms with E-state index >= 15 is 0 Å². The fourth-order valence-corrected chi connectivity index (χ4v) is 2.47. The highest BCUT2D eigenvalue weighted by Gasteiger charge is 2.11. The lowest BCUT2D eigenvalue weighted by Crippen LogP contribution is -2.25. The van der Waals surface area contributed by atoms with Crippen LogP contribution in [0.1, 0.15) is 31.2 Å². The molecule has 0 amide bonds. The molecular formula is C19H11N4O6-3. The van der Waals surface area contributed by atoms with E-state index in [1.54, 1.807) is 12.1 Å². The Balaban J connectivity index is 2.01. The van der Waals surface area contributed by atoms with E-state index in [4.69, 9.17) is 0 Å². The van der Waals surface area contributed by atoms with Crippen LogP contribution in [-0.2, 0) is 0 Å². The van der Waals surface area contributed by atoms with E-state index in [-0.39, 0.29) is 34.3 Å². The lowest BCUT2D eigenvalue weighted by Gasteiger charge is -2.15. The first-order valence-electron chi connectivity index (χ1n) is 8.10. The number of carbonyl (C=O) groups is 3. The lowest BCUT2D eigenvalue weighted by molar-refractivity contribution is -0.256. The van der Waals surface area contributed by atoms with Crippen molar-refractivity contribution in [3.63, 3.8) is 0 Å². The van der Waals surface area contributed by atoms with Gasteiger partial charge in [-0.15, -0.1) is 0 Å². The molecule has 1 heterocycles. The second-order valence-corrected chi connectivity index (χ2v) is 5.67. The van der Waals surface area contributed by atoms with Gasteiger partial charge in [0.1, 0.15) is 5.82 Å². The Kier molecular flexibility index (Phi) is 5.35. The molecule has 0 spiro atoms. The number of hydrogen-bond acceptors (Lipinski definition) is 10. The smallest absolute Gasteiger partial charge is 0.229 e. The number of carboxylic acids is 3. The second-order valence-electron chi connectivity index (χ2n) is 5.67. The molecule has 2 N–H and O–H groups in total. The standard InChI is InChI=1S/C19H14N4O6/c24-16(25)10-5-1-3-7-12(10)20-15-9-14(18(28)29)22-19(23-15)21-13-8-4-2-6-11(13)17(26)27/h1-9H,(H,24,25)(H,26,27)(H,28,29)(H2,20,21,22,23)/p-3. The quantitative estimate of drug-likeness (QED) is 0.512. The van der Waals surface area contributed by atoms with Gasteiger partial charge in [-0.25, -0.2) is 4.98 Å². The van der Waals surface area contributed by atoms with E-state index in [0.29, 0.717) is 0 Å². The fourth-order valence-electron chi connectivity index (χ4n) is 2.47. The number of anilines is 4. The molecular weight excluding hydrogens is 380 g/mol. The molecule has 0 unspecified atom stereocenters. The molecule has 0 radical (unpaired) electrons. The minimum atomic E-state index is -1.61. The molecule has 146 valence electrons. The van der Waals surface area contributed by atoms with Gasteiger partial charge in [0.2, 0.25) is 5.95 Å². The third-order valence-electron chi connectivity index (χ3n) is 3.74. The van der Waals surface area contributed by atoms with Crippen LogP contribution in [0.25, 0.3) is 0 Å². The van der Waals surface area contributed by atoms with Crippen molar-refractivity contribution in [2.75, 3.05) is 10.6 Å². The third kappa shape index (κ3) is 4.45. The maximum atomic E-state index is 11.3. The van der Waals surface area contributed by atoms with Crippen LogP contribution in [-0.4, -0.2) is 27.9 Å². The van der Waals surface area contributed by atoms with Gasteiger partial charge in [0.15, 0.2) is 0 Å². The Morgan fingerprint density at radius 2 is 1.21 bits per heavy atom. The van der Waals surface area contributed by atoms with E-state index in [1.165, 1.54) is 36.4 Å². The summed E-state index contributed by atoms with van der Waals surface area (Å²) in [5.74, 6) is -4.83. The van der Waals surface area contributed by atoms with E-state index < -0.39 is 23.6 Å². The van der Waals surface area contributed by atoms with Gasteiger partial charge in [0.05, 0.1) is 23.6 Å². The summed E-state index contributed by atoms with van der Waals surface area (Å²) in [4.78, 5) is 41.6. The molecule has 0 atom stereocenters. The van der Waals surface area contributed by atoms with Crippen LogP contribution < -0.4 is 26.0 Å². The van der Waals surface area contributed by atoms with Gasteiger partial charge in [-0.3, -0.25) is 0 Å². The molecule has 0 aliphatic rings. The van der Waals surface area contributed by atoms with Crippen LogP contribution in [0.3, 0.4) is 0 Å². The molecule has 29 heavy (non-hydrogen) atoms. The van der Waals surface area contributed by atoms with Crippen LogP contribution in [0.2, 0.25) is 0 Å². The lowest BCUT2D eigenvalue weighted by atomic mass is 10.2. The number of aromatic nitrogens is 2. The van der Waals surface area contributed by atoms with Crippen LogP contribution in [0.4, 0.5) is 23.1 Å². The number of carbonyl (C=O) groups excluding carboxylic acids is 3. The summed E-state index contributed by atoms with van der Waals surface area (Å²) in [5.41, 5.74) is -0.688. The minimum absolute atomic E-state index is 0.0682. The number of rotatable bonds is 7. The Hall–Kier alpha value is -4.47. The maximum Gasteiger partial charge on any atom is 0.229 e. The van der Waals surface area contributed by atoms with Crippen LogP contribution in [0.15, 0.2) is 54.6 Å². The molecule has 0 aliphatic heterocycles. The van der Waals surface area contributed by atoms with Crippen LogP contribution in [0.5, 0.6) is 0 Å². The summed E-state index contributed by atoms with van der Waals surface area (Å²) in [6, 6.07) is 12.6. The molecule has 0 saturated carbocycles. The molecule has 0 fully saturated rings. The molecule has 3 rings (SSSR count). The molecule has 0 saturated heterocycles. The second kappa shape index (κ2) is 8.05. The van der Waals surface area contributed by atoms with Gasteiger partial charge in [0.25, 0.3) is 0 Å². The van der Waals surface area contributed by atoms with Gasteiger partial charge in [-0.2, -0.15) is 4.98 Å². The topological polar surface area (TPSA) is 170 Å². The van der Waals surface area contributed by atoms with Gasteiger partial charge in [0, 0.05) is 28.6 Å². The van der Waals surface area contributed by atoms with Crippen molar-refractivity contribution in [1.29, 1.82) is 0 Å². The van der Waals surface area contributed by atoms with Crippen LogP contribution in [0, 0.1) is 0 Å². The molecule has 10 heteroatoms. The summed E-state index contributed by atoms with van der Waals surface area (Å²) in [6.07, 6.45) is 0. The first-order valence-corrected chi connectivity index (χ1v) is 8.10. The van der Waals surface area contributed by atoms with Gasteiger partial charge in [-0.05, 0) is 12.1 Å². The Morgan fingerprint density at radius 3 is 1.72 bits per heavy atom. The highest BCUT2D eigenvalue weighted by atomic mass is 16.4. The van der Waals surface area contributed by atoms with Gasteiger partial charge < -0.3 is 40.3 Å². The Morgan fingerprint density at radius 1 is 0.690 bits per heavy atom. The predicted octanol–water partition coefficient (Wildman–Crippen LogP) is -0.946. The van der Waals surface area contributed by atoms with Gasteiger partial charge >= 0.3 is 0 Å². The van der Waals surface area contributed by atoms with Gasteiger partial charge in [-0.1, -0.05) is 36.4 Å². The van der Waals surface area contributed by atoms with Crippen molar-refractivity contribution in [3.05, 3.63) is 71.4 Å². The fraction of sp³-hybridized carbons (Fsp3) is 0. The van der Waals surface area contributed by atoms with E-state index in [1.807, 2.05) is 0 Å². The summed E-state index contributed by atoms with van der Waals surface area (Å²) in [5, 5.41) is 39.0. The maximum absolute atomic E-state index is 11.3. The highest BCUT2D eigenvalue weighted by Crippen LogP contribution is 2.23. The summed E-state index contributed by atoms with van der Waals surface area (Å²) >= 11 is 0. The largest absolute Gasteiger partial charge is 0.545 e. The van der Waals surface area contributed by atoms with Crippen LogP contribution >= 0.6 is 0 Å². The molecule has 1 aromatic heterocycles. The van der Waals surface area contributed by atoms with Crippen molar-refractivity contribution >= 4 is 41.0 Å². The molecule has 0 aliphatic carbocycles. The summed E-state index contributed by atoms with van der Waals surface area (Å²) in [7, 11) is 0. The zero-order valence-corrected chi connectivity index (χ0v) is 14.5. The zero-order chi connectivity index (χ0) is 21.0. The predicted molar refractivity (Wildman–Crippen MR) is 94.5 cm³/mol. The number of hydrogen-bond donors (Lipinski definition) is 2. The number of aromatic carboxylic acids is 3. The highest BCUT2D eigenvalue weighted by molar-refractivity contribution is 5.95. The first kappa shape index (κ1) is 19.3. The number of benzene rings is 2. The molecule has 10 nitrogen and oxygen atoms in total. The number of nitrogens with one attached hydrogen (secondary N) is 2. The van der Waals surface area contributed by atoms with Crippen molar-refractivity contribution in [2.24, 2.45) is 0 Å². The van der Waals surface area contributed by atoms with Crippen molar-refractivity contribution in [3.8, 4) is 0 Å². The third-order valence-corrected chi connectivity index (χ3v) is 3.74. The Labute approximate surface area is 163 Å². The summed E-state index contributed by atoms with van der Waals surface area (Å²) < 4.78 is 0. The SMILES string of the molecule is O=C([O-])c1cc(Nc2ccccc2C(=O)[O-])nc(Nc2ccccc2C(=O)[O-])n1. The average molecular weight is 391 g/mol. The monoisotopic (exact) mass is 391 g/mol. The number of carboxylic acid groups (broad SMARTS) is 3. The molecule has 3 aromatic rings.